The maximum absolute atomic E-state index is 13.3. The largest absolute Gasteiger partial charge is 0.486 e. The van der Waals surface area contributed by atoms with Crippen LogP contribution in [0.5, 0.6) is 11.5 Å². The number of fused-ring (bicyclic) bond motifs is 1. The summed E-state index contributed by atoms with van der Waals surface area (Å²) in [6.07, 6.45) is 0. The molecule has 0 saturated carbocycles. The number of nitrogen functional groups attached to an aromatic ring is 1. The van der Waals surface area contributed by atoms with E-state index in [-0.39, 0.29) is 5.82 Å². The molecule has 0 amide bonds. The summed E-state index contributed by atoms with van der Waals surface area (Å²) in [6, 6.07) is 8.24. The fraction of sp³-hybridized carbons (Fsp3) is 0.200. The summed E-state index contributed by atoms with van der Waals surface area (Å²) in [5.41, 5.74) is 7.03. The summed E-state index contributed by atoms with van der Waals surface area (Å²) < 4.78 is 24.3. The number of thioether (sulfide) groups is 1. The van der Waals surface area contributed by atoms with Gasteiger partial charge in [-0.2, -0.15) is 0 Å². The molecule has 2 aromatic carbocycles. The Morgan fingerprint density at radius 3 is 2.76 bits per heavy atom. The van der Waals surface area contributed by atoms with Gasteiger partial charge in [0.25, 0.3) is 0 Å². The molecule has 0 saturated heterocycles. The monoisotopic (exact) mass is 325 g/mol. The zero-order chi connectivity index (χ0) is 14.8. The molecule has 1 aliphatic rings. The van der Waals surface area contributed by atoms with Crippen molar-refractivity contribution in [3.63, 3.8) is 0 Å². The average molecular weight is 326 g/mol. The van der Waals surface area contributed by atoms with Crippen LogP contribution in [0.15, 0.2) is 35.2 Å². The number of benzene rings is 2. The number of hydrogen-bond donors (Lipinski definition) is 1. The van der Waals surface area contributed by atoms with E-state index in [0.29, 0.717) is 41.2 Å². The van der Waals surface area contributed by atoms with E-state index in [1.165, 1.54) is 23.9 Å². The van der Waals surface area contributed by atoms with Crippen LogP contribution in [0, 0.1) is 5.82 Å². The van der Waals surface area contributed by atoms with E-state index in [9.17, 15) is 4.39 Å². The first-order chi connectivity index (χ1) is 10.1. The molecule has 110 valence electrons. The number of rotatable bonds is 3. The van der Waals surface area contributed by atoms with E-state index in [1.807, 2.05) is 12.1 Å². The highest BCUT2D eigenvalue weighted by atomic mass is 35.5. The zero-order valence-electron chi connectivity index (χ0n) is 11.1. The average Bonchev–Trinajstić information content (AvgIpc) is 2.44. The maximum atomic E-state index is 13.3. The van der Waals surface area contributed by atoms with Crippen molar-refractivity contribution in [2.75, 3.05) is 18.9 Å². The highest BCUT2D eigenvalue weighted by Crippen LogP contribution is 2.39. The summed E-state index contributed by atoms with van der Waals surface area (Å²) in [7, 11) is 0. The van der Waals surface area contributed by atoms with Crippen LogP contribution in [0.25, 0.3) is 0 Å². The van der Waals surface area contributed by atoms with Crippen LogP contribution in [0.1, 0.15) is 5.56 Å². The number of hydrogen-bond acceptors (Lipinski definition) is 4. The summed E-state index contributed by atoms with van der Waals surface area (Å²) in [5, 5.41) is 0.529. The number of ether oxygens (including phenoxy) is 2. The molecule has 0 aliphatic carbocycles. The van der Waals surface area contributed by atoms with E-state index in [4.69, 9.17) is 26.8 Å². The lowest BCUT2D eigenvalue weighted by molar-refractivity contribution is 0.171. The smallest absolute Gasteiger partial charge is 0.179 e. The minimum Gasteiger partial charge on any atom is -0.486 e. The minimum absolute atomic E-state index is 0.335. The zero-order valence-corrected chi connectivity index (χ0v) is 12.6. The van der Waals surface area contributed by atoms with E-state index < -0.39 is 0 Å². The molecule has 0 aromatic heterocycles. The van der Waals surface area contributed by atoms with Crippen LogP contribution in [0.2, 0.25) is 5.02 Å². The molecule has 0 unspecified atom stereocenters. The molecule has 6 heteroatoms. The van der Waals surface area contributed by atoms with Gasteiger partial charge in [-0.3, -0.25) is 0 Å². The molecular formula is C15H13ClFNO2S. The van der Waals surface area contributed by atoms with Crippen molar-refractivity contribution in [2.45, 2.75) is 10.6 Å². The first-order valence-corrected chi connectivity index (χ1v) is 7.75. The van der Waals surface area contributed by atoms with Gasteiger partial charge in [-0.15, -0.1) is 11.8 Å². The summed E-state index contributed by atoms with van der Waals surface area (Å²) >= 11 is 7.67. The van der Waals surface area contributed by atoms with Crippen LogP contribution >= 0.6 is 23.4 Å². The van der Waals surface area contributed by atoms with Crippen LogP contribution in [-0.2, 0) is 5.75 Å². The first kappa shape index (κ1) is 14.4. The van der Waals surface area contributed by atoms with Crippen molar-refractivity contribution in [3.8, 4) is 11.5 Å². The molecule has 2 aromatic rings. The third kappa shape index (κ3) is 3.36. The quantitative estimate of drug-likeness (QED) is 0.681. The summed E-state index contributed by atoms with van der Waals surface area (Å²) in [6.45, 7) is 1.02. The number of halogens is 2. The minimum atomic E-state index is -0.335. The van der Waals surface area contributed by atoms with Crippen LogP contribution < -0.4 is 15.2 Å². The van der Waals surface area contributed by atoms with Crippen molar-refractivity contribution in [1.29, 1.82) is 0 Å². The van der Waals surface area contributed by atoms with Gasteiger partial charge >= 0.3 is 0 Å². The molecule has 0 fully saturated rings. The van der Waals surface area contributed by atoms with Crippen molar-refractivity contribution in [1.82, 2.24) is 0 Å². The van der Waals surface area contributed by atoms with Gasteiger partial charge < -0.3 is 15.2 Å². The van der Waals surface area contributed by atoms with Gasteiger partial charge in [-0.1, -0.05) is 11.6 Å². The molecule has 3 rings (SSSR count). The van der Waals surface area contributed by atoms with Crippen LogP contribution in [-0.4, -0.2) is 13.2 Å². The fourth-order valence-electron chi connectivity index (χ4n) is 2.08. The summed E-state index contributed by atoms with van der Waals surface area (Å²) in [5.74, 6) is 1.55. The predicted molar refractivity (Wildman–Crippen MR) is 82.8 cm³/mol. The first-order valence-electron chi connectivity index (χ1n) is 6.39. The van der Waals surface area contributed by atoms with Crippen molar-refractivity contribution < 1.29 is 13.9 Å². The topological polar surface area (TPSA) is 44.5 Å². The lowest BCUT2D eigenvalue weighted by Gasteiger charge is -2.20. The maximum Gasteiger partial charge on any atom is 0.179 e. The lowest BCUT2D eigenvalue weighted by atomic mass is 10.2. The highest BCUT2D eigenvalue weighted by Gasteiger charge is 2.16. The standard InChI is InChI=1S/C15H13ClFNO2S/c16-13-3-9(4-14-15(13)20-2-1-19-14)8-21-12-6-10(17)5-11(18)7-12/h3-7H,1-2,8,18H2. The van der Waals surface area contributed by atoms with Gasteiger partial charge in [0.15, 0.2) is 11.5 Å². The predicted octanol–water partition coefficient (Wildman–Crippen LogP) is 4.12. The van der Waals surface area contributed by atoms with E-state index in [1.54, 1.807) is 6.07 Å². The number of anilines is 1. The molecule has 0 spiro atoms. The second-order valence-electron chi connectivity index (χ2n) is 4.61. The SMILES string of the molecule is Nc1cc(F)cc(SCc2cc(Cl)c3c(c2)OCCO3)c1. The Labute approximate surface area is 131 Å². The third-order valence-electron chi connectivity index (χ3n) is 2.96. The van der Waals surface area contributed by atoms with E-state index in [0.717, 1.165) is 10.5 Å². The molecule has 1 aliphatic heterocycles. The van der Waals surface area contributed by atoms with Gasteiger partial charge in [0.05, 0.1) is 5.02 Å². The van der Waals surface area contributed by atoms with Gasteiger partial charge in [0.2, 0.25) is 0 Å². The second kappa shape index (κ2) is 6.03. The Hall–Kier alpha value is -1.59. The normalized spacial score (nSPS) is 13.2. The Bertz CT molecular complexity index is 661. The van der Waals surface area contributed by atoms with Crippen molar-refractivity contribution >= 4 is 29.1 Å². The molecule has 0 bridgehead atoms. The highest BCUT2D eigenvalue weighted by molar-refractivity contribution is 7.98. The van der Waals surface area contributed by atoms with E-state index in [2.05, 4.69) is 0 Å². The summed E-state index contributed by atoms with van der Waals surface area (Å²) in [4.78, 5) is 0.776. The van der Waals surface area contributed by atoms with Gasteiger partial charge in [0, 0.05) is 16.3 Å². The fourth-order valence-corrected chi connectivity index (χ4v) is 3.29. The molecular weight excluding hydrogens is 313 g/mol. The molecule has 2 N–H and O–H groups in total. The Kier molecular flexibility index (Phi) is 4.12. The van der Waals surface area contributed by atoms with Crippen LogP contribution in [0.4, 0.5) is 10.1 Å². The van der Waals surface area contributed by atoms with Crippen molar-refractivity contribution in [2.24, 2.45) is 0 Å². The van der Waals surface area contributed by atoms with Crippen molar-refractivity contribution in [3.05, 3.63) is 46.7 Å². The Balaban J connectivity index is 1.77. The Morgan fingerprint density at radius 2 is 1.95 bits per heavy atom. The molecule has 1 heterocycles. The molecule has 0 atom stereocenters. The molecule has 21 heavy (non-hydrogen) atoms. The van der Waals surface area contributed by atoms with Crippen LogP contribution in [0.3, 0.4) is 0 Å². The van der Waals surface area contributed by atoms with E-state index >= 15 is 0 Å². The Morgan fingerprint density at radius 1 is 1.14 bits per heavy atom. The second-order valence-corrected chi connectivity index (χ2v) is 6.07. The van der Waals surface area contributed by atoms with Gasteiger partial charge in [-0.25, -0.2) is 4.39 Å². The van der Waals surface area contributed by atoms with Gasteiger partial charge in [-0.05, 0) is 35.9 Å². The number of nitrogens with two attached hydrogens (primary N) is 1. The molecule has 3 nitrogen and oxygen atoms in total. The molecule has 0 radical (unpaired) electrons. The third-order valence-corrected chi connectivity index (χ3v) is 4.28. The van der Waals surface area contributed by atoms with Gasteiger partial charge in [0.1, 0.15) is 19.0 Å². The lowest BCUT2D eigenvalue weighted by Crippen LogP contribution is -2.15.